The molecule has 0 fully saturated rings. The number of nitrogens with zero attached hydrogens (tertiary/aromatic N) is 2. The Bertz CT molecular complexity index is 1700. The Kier molecular flexibility index (Phi) is 11.7. The van der Waals surface area contributed by atoms with Crippen molar-refractivity contribution >= 4 is 50.7 Å². The Morgan fingerprint density at radius 2 is 1.42 bits per heavy atom. The molecule has 236 valence electrons. The molecule has 0 aliphatic heterocycles. The number of aryl methyl sites for hydroxylation is 1. The van der Waals surface area contributed by atoms with E-state index in [2.05, 4.69) is 5.32 Å². The van der Waals surface area contributed by atoms with E-state index in [4.69, 9.17) is 23.2 Å². The fourth-order valence-corrected chi connectivity index (χ4v) is 6.81. The number of benzene rings is 4. The van der Waals surface area contributed by atoms with Crippen molar-refractivity contribution in [2.75, 3.05) is 17.4 Å². The predicted octanol–water partition coefficient (Wildman–Crippen LogP) is 6.91. The molecule has 0 radical (unpaired) electrons. The summed E-state index contributed by atoms with van der Waals surface area (Å²) in [5.41, 5.74) is 2.43. The van der Waals surface area contributed by atoms with Crippen LogP contribution in [-0.2, 0) is 32.6 Å². The lowest BCUT2D eigenvalue weighted by molar-refractivity contribution is -0.140. The topological polar surface area (TPSA) is 86.8 Å². The van der Waals surface area contributed by atoms with Crippen LogP contribution in [0.25, 0.3) is 0 Å². The number of halogens is 2. The van der Waals surface area contributed by atoms with E-state index in [1.54, 1.807) is 54.6 Å². The number of carbonyl (C=O) groups excluding carboxylic acids is 2. The van der Waals surface area contributed by atoms with Crippen molar-refractivity contribution in [3.8, 4) is 0 Å². The van der Waals surface area contributed by atoms with Crippen molar-refractivity contribution in [3.05, 3.63) is 130 Å². The summed E-state index contributed by atoms with van der Waals surface area (Å²) >= 11 is 13.1. The minimum atomic E-state index is -4.18. The van der Waals surface area contributed by atoms with Crippen molar-refractivity contribution in [2.24, 2.45) is 5.92 Å². The van der Waals surface area contributed by atoms with Gasteiger partial charge < -0.3 is 10.2 Å². The van der Waals surface area contributed by atoms with E-state index in [1.165, 1.54) is 17.0 Å². The standard InChI is InChI=1S/C35H37Cl2N3O4S/c1-25(2)22-38-35(42)33(21-27-13-6-4-7-14-27)39(23-30-31(36)18-11-19-32(30)37)34(41)24-40(28-15-10-12-26(3)20-28)45(43,44)29-16-8-5-9-17-29/h4-20,25,33H,21-24H2,1-3H3,(H,38,42). The number of carbonyl (C=O) groups is 2. The molecule has 1 atom stereocenters. The Morgan fingerprint density at radius 1 is 0.822 bits per heavy atom. The molecule has 4 aromatic carbocycles. The van der Waals surface area contributed by atoms with Crippen molar-refractivity contribution in [2.45, 2.75) is 44.7 Å². The van der Waals surface area contributed by atoms with Crippen LogP contribution in [0.5, 0.6) is 0 Å². The van der Waals surface area contributed by atoms with E-state index in [0.29, 0.717) is 27.8 Å². The molecule has 0 aliphatic carbocycles. The number of hydrogen-bond acceptors (Lipinski definition) is 4. The summed E-state index contributed by atoms with van der Waals surface area (Å²) in [5.74, 6) is -0.786. The predicted molar refractivity (Wildman–Crippen MR) is 181 cm³/mol. The molecule has 4 aromatic rings. The average Bonchev–Trinajstić information content (AvgIpc) is 3.02. The van der Waals surface area contributed by atoms with Crippen LogP contribution >= 0.6 is 23.2 Å². The van der Waals surface area contributed by atoms with E-state index in [0.717, 1.165) is 15.4 Å². The van der Waals surface area contributed by atoms with E-state index in [-0.39, 0.29) is 29.7 Å². The van der Waals surface area contributed by atoms with Gasteiger partial charge in [0.2, 0.25) is 11.8 Å². The van der Waals surface area contributed by atoms with Gasteiger partial charge in [0.05, 0.1) is 10.6 Å². The lowest BCUT2D eigenvalue weighted by Crippen LogP contribution is -2.53. The number of anilines is 1. The normalized spacial score (nSPS) is 12.0. The first-order valence-corrected chi connectivity index (χ1v) is 16.9. The Morgan fingerprint density at radius 3 is 2.02 bits per heavy atom. The number of nitrogens with one attached hydrogen (secondary N) is 1. The van der Waals surface area contributed by atoms with Crippen LogP contribution in [0.3, 0.4) is 0 Å². The van der Waals surface area contributed by atoms with Crippen LogP contribution in [-0.4, -0.2) is 44.3 Å². The minimum absolute atomic E-state index is 0.0375. The van der Waals surface area contributed by atoms with Crippen LogP contribution < -0.4 is 9.62 Å². The van der Waals surface area contributed by atoms with Crippen molar-refractivity contribution < 1.29 is 18.0 Å². The lowest BCUT2D eigenvalue weighted by Gasteiger charge is -2.34. The van der Waals surface area contributed by atoms with Gasteiger partial charge in [-0.25, -0.2) is 8.42 Å². The van der Waals surface area contributed by atoms with E-state index >= 15 is 0 Å². The highest BCUT2D eigenvalue weighted by Crippen LogP contribution is 2.29. The van der Waals surface area contributed by atoms with Crippen molar-refractivity contribution in [1.82, 2.24) is 10.2 Å². The monoisotopic (exact) mass is 665 g/mol. The molecule has 1 N–H and O–H groups in total. The molecule has 1 unspecified atom stereocenters. The third kappa shape index (κ3) is 8.87. The summed E-state index contributed by atoms with van der Waals surface area (Å²) in [4.78, 5) is 29.8. The van der Waals surface area contributed by atoms with Gasteiger partial charge in [0, 0.05) is 35.1 Å². The second-order valence-electron chi connectivity index (χ2n) is 11.2. The molecule has 10 heteroatoms. The summed E-state index contributed by atoms with van der Waals surface area (Å²) in [6.07, 6.45) is 0.189. The maximum Gasteiger partial charge on any atom is 0.264 e. The number of rotatable bonds is 13. The van der Waals surface area contributed by atoms with E-state index in [9.17, 15) is 18.0 Å². The zero-order chi connectivity index (χ0) is 32.6. The fourth-order valence-electron chi connectivity index (χ4n) is 4.86. The molecule has 0 saturated carbocycles. The average molecular weight is 667 g/mol. The van der Waals surface area contributed by atoms with Gasteiger partial charge in [-0.15, -0.1) is 0 Å². The van der Waals surface area contributed by atoms with Gasteiger partial charge in [-0.05, 0) is 60.4 Å². The quantitative estimate of drug-likeness (QED) is 0.168. The van der Waals surface area contributed by atoms with Gasteiger partial charge in [0.15, 0.2) is 0 Å². The number of hydrogen-bond donors (Lipinski definition) is 1. The molecule has 0 saturated heterocycles. The molecule has 4 rings (SSSR count). The van der Waals surface area contributed by atoms with E-state index in [1.807, 2.05) is 57.2 Å². The first-order chi connectivity index (χ1) is 21.5. The first kappa shape index (κ1) is 34.0. The first-order valence-electron chi connectivity index (χ1n) is 14.7. The smallest absolute Gasteiger partial charge is 0.264 e. The highest BCUT2D eigenvalue weighted by atomic mass is 35.5. The second kappa shape index (κ2) is 15.4. The molecule has 45 heavy (non-hydrogen) atoms. The maximum absolute atomic E-state index is 14.5. The summed E-state index contributed by atoms with van der Waals surface area (Å²) in [6, 6.07) is 28.3. The highest BCUT2D eigenvalue weighted by Gasteiger charge is 2.35. The third-order valence-electron chi connectivity index (χ3n) is 7.25. The van der Waals surface area contributed by atoms with Crippen molar-refractivity contribution in [3.63, 3.8) is 0 Å². The number of sulfonamides is 1. The van der Waals surface area contributed by atoms with Gasteiger partial charge in [-0.1, -0.05) is 104 Å². The van der Waals surface area contributed by atoms with Gasteiger partial charge in [-0.2, -0.15) is 0 Å². The number of amides is 2. The summed E-state index contributed by atoms with van der Waals surface area (Å²) in [6.45, 7) is 5.53. The Labute approximate surface area is 275 Å². The molecule has 0 heterocycles. The van der Waals surface area contributed by atoms with Crippen LogP contribution in [0, 0.1) is 12.8 Å². The van der Waals surface area contributed by atoms with E-state index < -0.39 is 28.5 Å². The molecule has 0 bridgehead atoms. The molecule has 2 amide bonds. The molecule has 0 aromatic heterocycles. The Balaban J connectivity index is 1.83. The summed E-state index contributed by atoms with van der Waals surface area (Å²) in [5, 5.41) is 3.63. The molecule has 0 aliphatic rings. The Hall–Kier alpha value is -3.85. The lowest BCUT2D eigenvalue weighted by atomic mass is 10.0. The zero-order valence-electron chi connectivity index (χ0n) is 25.5. The zero-order valence-corrected chi connectivity index (χ0v) is 27.8. The van der Waals surface area contributed by atoms with Crippen LogP contribution in [0.15, 0.2) is 108 Å². The fraction of sp³-hybridized carbons (Fsp3) is 0.257. The van der Waals surface area contributed by atoms with Gasteiger partial charge in [0.25, 0.3) is 10.0 Å². The maximum atomic E-state index is 14.5. The third-order valence-corrected chi connectivity index (χ3v) is 9.74. The van der Waals surface area contributed by atoms with Crippen molar-refractivity contribution in [1.29, 1.82) is 0 Å². The molecule has 7 nitrogen and oxygen atoms in total. The molecular formula is C35H37Cl2N3O4S. The SMILES string of the molecule is Cc1cccc(N(CC(=O)N(Cc2c(Cl)cccc2Cl)C(Cc2ccccc2)C(=O)NCC(C)C)S(=O)(=O)c2ccccc2)c1. The summed E-state index contributed by atoms with van der Waals surface area (Å²) < 4.78 is 29.2. The van der Waals surface area contributed by atoms with Gasteiger partial charge in [0.1, 0.15) is 12.6 Å². The minimum Gasteiger partial charge on any atom is -0.354 e. The largest absolute Gasteiger partial charge is 0.354 e. The van der Waals surface area contributed by atoms with Gasteiger partial charge >= 0.3 is 0 Å². The molecule has 0 spiro atoms. The second-order valence-corrected chi connectivity index (χ2v) is 13.9. The van der Waals surface area contributed by atoms with Crippen LogP contribution in [0.4, 0.5) is 5.69 Å². The van der Waals surface area contributed by atoms with Crippen LogP contribution in [0.1, 0.15) is 30.5 Å². The molecular weight excluding hydrogens is 629 g/mol. The highest BCUT2D eigenvalue weighted by molar-refractivity contribution is 7.92. The summed E-state index contributed by atoms with van der Waals surface area (Å²) in [7, 11) is -4.18. The van der Waals surface area contributed by atoms with Crippen LogP contribution in [0.2, 0.25) is 10.0 Å². The van der Waals surface area contributed by atoms with Gasteiger partial charge in [-0.3, -0.25) is 13.9 Å².